The number of hydrogen-bond donors (Lipinski definition) is 2. The van der Waals surface area contributed by atoms with Crippen LogP contribution in [0.15, 0.2) is 6.07 Å². The van der Waals surface area contributed by atoms with Gasteiger partial charge in [0.15, 0.2) is 0 Å². The van der Waals surface area contributed by atoms with Crippen LogP contribution >= 0.6 is 0 Å². The molecule has 0 aliphatic heterocycles. The lowest BCUT2D eigenvalue weighted by Gasteiger charge is -2.11. The van der Waals surface area contributed by atoms with Gasteiger partial charge in [-0.1, -0.05) is 13.8 Å². The third-order valence-electron chi connectivity index (χ3n) is 2.78. The van der Waals surface area contributed by atoms with Crippen molar-refractivity contribution >= 4 is 11.8 Å². The molecule has 6 nitrogen and oxygen atoms in total. The minimum absolute atomic E-state index is 0.0977. The first-order valence-corrected chi connectivity index (χ1v) is 6.03. The summed E-state index contributed by atoms with van der Waals surface area (Å²) in [6.07, 6.45) is 0.735. The van der Waals surface area contributed by atoms with Gasteiger partial charge in [0.05, 0.1) is 5.69 Å². The summed E-state index contributed by atoms with van der Waals surface area (Å²) in [7, 11) is 0. The SMILES string of the molecule is CCC(C)C(=O)NNC(=O)Cn1nc(C)cc1C. The van der Waals surface area contributed by atoms with Crippen molar-refractivity contribution in [3.63, 3.8) is 0 Å². The van der Waals surface area contributed by atoms with Crippen LogP contribution in [0.5, 0.6) is 0 Å². The molecule has 0 aliphatic carbocycles. The Bertz CT molecular complexity index is 439. The highest BCUT2D eigenvalue weighted by atomic mass is 16.2. The monoisotopic (exact) mass is 252 g/mol. The van der Waals surface area contributed by atoms with Crippen LogP contribution in [0.3, 0.4) is 0 Å². The van der Waals surface area contributed by atoms with Crippen molar-refractivity contribution in [3.05, 3.63) is 17.5 Å². The third kappa shape index (κ3) is 3.87. The average Bonchev–Trinajstić information content (AvgIpc) is 2.63. The highest BCUT2D eigenvalue weighted by molar-refractivity contribution is 5.82. The van der Waals surface area contributed by atoms with Crippen molar-refractivity contribution in [1.29, 1.82) is 0 Å². The van der Waals surface area contributed by atoms with Gasteiger partial charge in [0.25, 0.3) is 5.91 Å². The summed E-state index contributed by atoms with van der Waals surface area (Å²) in [4.78, 5) is 23.1. The lowest BCUT2D eigenvalue weighted by molar-refractivity contribution is -0.131. The Morgan fingerprint density at radius 2 is 2.06 bits per heavy atom. The van der Waals surface area contributed by atoms with Gasteiger partial charge >= 0.3 is 0 Å². The number of amides is 2. The normalized spacial score (nSPS) is 12.0. The fourth-order valence-electron chi connectivity index (χ4n) is 1.45. The highest BCUT2D eigenvalue weighted by Crippen LogP contribution is 2.01. The number of hydrogen-bond acceptors (Lipinski definition) is 3. The van der Waals surface area contributed by atoms with Crippen LogP contribution < -0.4 is 10.9 Å². The molecule has 6 heteroatoms. The summed E-state index contributed by atoms with van der Waals surface area (Å²) in [5.41, 5.74) is 6.56. The van der Waals surface area contributed by atoms with Gasteiger partial charge in [0.2, 0.25) is 5.91 Å². The van der Waals surface area contributed by atoms with Gasteiger partial charge in [-0.2, -0.15) is 5.10 Å². The molecule has 0 aromatic carbocycles. The Kier molecular flexibility index (Phi) is 4.88. The van der Waals surface area contributed by atoms with Crippen LogP contribution in [-0.2, 0) is 16.1 Å². The van der Waals surface area contributed by atoms with Crippen LogP contribution in [0.4, 0.5) is 0 Å². The fraction of sp³-hybridized carbons (Fsp3) is 0.583. The summed E-state index contributed by atoms with van der Waals surface area (Å²) in [6.45, 7) is 7.57. The van der Waals surface area contributed by atoms with Gasteiger partial charge in [-0.05, 0) is 26.3 Å². The lowest BCUT2D eigenvalue weighted by Crippen LogP contribution is -2.45. The molecule has 1 rings (SSSR count). The number of carbonyl (C=O) groups excluding carboxylic acids is 2. The highest BCUT2D eigenvalue weighted by Gasteiger charge is 2.12. The van der Waals surface area contributed by atoms with E-state index in [0.29, 0.717) is 0 Å². The second kappa shape index (κ2) is 6.18. The molecule has 0 radical (unpaired) electrons. The molecular formula is C12H20N4O2. The van der Waals surface area contributed by atoms with E-state index in [-0.39, 0.29) is 24.3 Å². The van der Waals surface area contributed by atoms with E-state index in [9.17, 15) is 9.59 Å². The van der Waals surface area contributed by atoms with E-state index in [4.69, 9.17) is 0 Å². The summed E-state index contributed by atoms with van der Waals surface area (Å²) in [6, 6.07) is 1.89. The maximum absolute atomic E-state index is 11.6. The molecule has 0 saturated heterocycles. The molecule has 1 aromatic rings. The quantitative estimate of drug-likeness (QED) is 0.774. The zero-order valence-electron chi connectivity index (χ0n) is 11.3. The summed E-state index contributed by atoms with van der Waals surface area (Å²) < 4.78 is 1.60. The number of nitrogens with one attached hydrogen (secondary N) is 2. The summed E-state index contributed by atoms with van der Waals surface area (Å²) in [5.74, 6) is -0.587. The molecule has 2 N–H and O–H groups in total. The lowest BCUT2D eigenvalue weighted by atomic mass is 10.1. The zero-order valence-corrected chi connectivity index (χ0v) is 11.3. The minimum Gasteiger partial charge on any atom is -0.273 e. The maximum Gasteiger partial charge on any atom is 0.260 e. The van der Waals surface area contributed by atoms with Gasteiger partial charge < -0.3 is 0 Å². The number of aryl methyl sites for hydroxylation is 2. The molecule has 1 aromatic heterocycles. The Balaban J connectivity index is 2.43. The second-order valence-corrected chi connectivity index (χ2v) is 4.43. The van der Waals surface area contributed by atoms with E-state index >= 15 is 0 Å². The predicted octanol–water partition coefficient (Wildman–Crippen LogP) is 0.693. The molecule has 1 atom stereocenters. The largest absolute Gasteiger partial charge is 0.273 e. The first-order valence-electron chi connectivity index (χ1n) is 6.03. The standard InChI is InChI=1S/C12H20N4O2/c1-5-8(2)12(18)14-13-11(17)7-16-10(4)6-9(3)15-16/h6,8H,5,7H2,1-4H3,(H,13,17)(H,14,18). The third-order valence-corrected chi connectivity index (χ3v) is 2.78. The van der Waals surface area contributed by atoms with Crippen LogP contribution in [-0.4, -0.2) is 21.6 Å². The number of nitrogens with zero attached hydrogens (tertiary/aromatic N) is 2. The number of carbonyl (C=O) groups is 2. The molecule has 0 fully saturated rings. The molecule has 1 heterocycles. The van der Waals surface area contributed by atoms with Crippen molar-refractivity contribution in [3.8, 4) is 0 Å². The molecule has 0 spiro atoms. The smallest absolute Gasteiger partial charge is 0.260 e. The van der Waals surface area contributed by atoms with Gasteiger partial charge in [0, 0.05) is 11.6 Å². The first kappa shape index (κ1) is 14.2. The van der Waals surface area contributed by atoms with Crippen molar-refractivity contribution in [1.82, 2.24) is 20.6 Å². The van der Waals surface area contributed by atoms with E-state index in [1.54, 1.807) is 4.68 Å². The molecule has 18 heavy (non-hydrogen) atoms. The molecular weight excluding hydrogens is 232 g/mol. The van der Waals surface area contributed by atoms with E-state index in [1.807, 2.05) is 33.8 Å². The van der Waals surface area contributed by atoms with E-state index < -0.39 is 0 Å². The van der Waals surface area contributed by atoms with Gasteiger partial charge in [-0.15, -0.1) is 0 Å². The number of rotatable bonds is 4. The minimum atomic E-state index is -0.294. The molecule has 0 aliphatic rings. The van der Waals surface area contributed by atoms with E-state index in [1.165, 1.54) is 0 Å². The van der Waals surface area contributed by atoms with E-state index in [2.05, 4.69) is 16.0 Å². The Hall–Kier alpha value is -1.85. The predicted molar refractivity (Wildman–Crippen MR) is 67.4 cm³/mol. The molecule has 0 saturated carbocycles. The average molecular weight is 252 g/mol. The fourth-order valence-corrected chi connectivity index (χ4v) is 1.45. The van der Waals surface area contributed by atoms with Crippen LogP contribution in [0.25, 0.3) is 0 Å². The maximum atomic E-state index is 11.6. The van der Waals surface area contributed by atoms with Gasteiger partial charge in [-0.25, -0.2) is 0 Å². The van der Waals surface area contributed by atoms with Crippen LogP contribution in [0, 0.1) is 19.8 Å². The van der Waals surface area contributed by atoms with Crippen molar-refractivity contribution in [2.75, 3.05) is 0 Å². The number of hydrazine groups is 1. The molecule has 0 bridgehead atoms. The second-order valence-electron chi connectivity index (χ2n) is 4.43. The van der Waals surface area contributed by atoms with Gasteiger partial charge in [0.1, 0.15) is 6.54 Å². The van der Waals surface area contributed by atoms with Crippen molar-refractivity contribution in [2.45, 2.75) is 40.7 Å². The summed E-state index contributed by atoms with van der Waals surface area (Å²) >= 11 is 0. The first-order chi connectivity index (χ1) is 8.43. The van der Waals surface area contributed by atoms with E-state index in [0.717, 1.165) is 17.8 Å². The Labute approximate surface area is 107 Å². The zero-order chi connectivity index (χ0) is 13.7. The Morgan fingerprint density at radius 1 is 1.39 bits per heavy atom. The number of aromatic nitrogens is 2. The topological polar surface area (TPSA) is 76.0 Å². The Morgan fingerprint density at radius 3 is 2.56 bits per heavy atom. The molecule has 1 unspecified atom stereocenters. The van der Waals surface area contributed by atoms with Crippen LogP contribution in [0.1, 0.15) is 31.7 Å². The summed E-state index contributed by atoms with van der Waals surface area (Å²) in [5, 5.41) is 4.17. The van der Waals surface area contributed by atoms with Crippen LogP contribution in [0.2, 0.25) is 0 Å². The van der Waals surface area contributed by atoms with Gasteiger partial charge in [-0.3, -0.25) is 25.1 Å². The van der Waals surface area contributed by atoms with Crippen molar-refractivity contribution in [2.24, 2.45) is 5.92 Å². The molecule has 2 amide bonds. The van der Waals surface area contributed by atoms with Crippen molar-refractivity contribution < 1.29 is 9.59 Å². The molecule has 100 valence electrons.